The summed E-state index contributed by atoms with van der Waals surface area (Å²) in [4.78, 5) is 12.5. The van der Waals surface area contributed by atoms with Gasteiger partial charge in [-0.15, -0.1) is 0 Å². The zero-order valence-electron chi connectivity index (χ0n) is 16.6. The number of amides is 1. The Balaban J connectivity index is 1.68. The number of hydrogen-bond donors (Lipinski definition) is 2. The fourth-order valence-electron chi connectivity index (χ4n) is 2.74. The first kappa shape index (κ1) is 21.9. The van der Waals surface area contributed by atoms with Crippen LogP contribution in [0.25, 0.3) is 0 Å². The van der Waals surface area contributed by atoms with Crippen LogP contribution in [-0.2, 0) is 19.5 Å². The van der Waals surface area contributed by atoms with Crippen molar-refractivity contribution in [2.45, 2.75) is 4.90 Å². The number of carbonyl (C=O) groups is 1. The van der Waals surface area contributed by atoms with Gasteiger partial charge >= 0.3 is 0 Å². The first-order valence-corrected chi connectivity index (χ1v) is 10.9. The summed E-state index contributed by atoms with van der Waals surface area (Å²) in [5.74, 6) is 0.446. The molecule has 0 bridgehead atoms. The summed E-state index contributed by atoms with van der Waals surface area (Å²) >= 11 is 0. The van der Waals surface area contributed by atoms with Gasteiger partial charge in [-0.3, -0.25) is 9.52 Å². The molecular formula is C20H24N2O7S. The van der Waals surface area contributed by atoms with Gasteiger partial charge in [-0.1, -0.05) is 12.1 Å². The molecule has 0 unspecified atom stereocenters. The monoisotopic (exact) mass is 436 g/mol. The number of ether oxygens (including phenoxy) is 4. The summed E-state index contributed by atoms with van der Waals surface area (Å²) < 4.78 is 49.2. The van der Waals surface area contributed by atoms with Crippen molar-refractivity contribution in [2.75, 3.05) is 51.4 Å². The predicted molar refractivity (Wildman–Crippen MR) is 110 cm³/mol. The molecule has 0 aliphatic carbocycles. The Morgan fingerprint density at radius 2 is 1.80 bits per heavy atom. The third-order valence-corrected chi connectivity index (χ3v) is 5.57. The Morgan fingerprint density at radius 1 is 1.03 bits per heavy atom. The molecule has 2 aromatic carbocycles. The second kappa shape index (κ2) is 10.3. The van der Waals surface area contributed by atoms with Gasteiger partial charge in [0.25, 0.3) is 15.9 Å². The summed E-state index contributed by atoms with van der Waals surface area (Å²) in [7, 11) is -2.36. The smallest absolute Gasteiger partial charge is 0.262 e. The van der Waals surface area contributed by atoms with Crippen molar-refractivity contribution in [1.82, 2.24) is 5.32 Å². The fourth-order valence-corrected chi connectivity index (χ4v) is 3.84. The maximum Gasteiger partial charge on any atom is 0.262 e. The van der Waals surface area contributed by atoms with Crippen LogP contribution in [0.3, 0.4) is 0 Å². The van der Waals surface area contributed by atoms with Gasteiger partial charge in [0.2, 0.25) is 0 Å². The molecule has 9 nitrogen and oxygen atoms in total. The van der Waals surface area contributed by atoms with Crippen molar-refractivity contribution in [3.8, 4) is 11.5 Å². The normalized spacial score (nSPS) is 13.0. The van der Waals surface area contributed by atoms with Crippen molar-refractivity contribution in [3.63, 3.8) is 0 Å². The molecule has 0 saturated heterocycles. The molecule has 0 radical (unpaired) electrons. The molecule has 162 valence electrons. The van der Waals surface area contributed by atoms with E-state index in [1.54, 1.807) is 31.4 Å². The number of methoxy groups -OCH3 is 1. The second-order valence-corrected chi connectivity index (χ2v) is 8.00. The molecular weight excluding hydrogens is 412 g/mol. The molecule has 1 aliphatic rings. The third kappa shape index (κ3) is 5.62. The molecule has 2 N–H and O–H groups in total. The average molecular weight is 436 g/mol. The number of rotatable bonds is 10. The fraction of sp³-hybridized carbons (Fsp3) is 0.350. The second-order valence-electron chi connectivity index (χ2n) is 6.32. The Morgan fingerprint density at radius 3 is 2.60 bits per heavy atom. The van der Waals surface area contributed by atoms with Crippen LogP contribution in [0.5, 0.6) is 11.5 Å². The summed E-state index contributed by atoms with van der Waals surface area (Å²) in [6, 6.07) is 10.7. The zero-order chi connectivity index (χ0) is 21.4. The van der Waals surface area contributed by atoms with Gasteiger partial charge in [0.15, 0.2) is 11.5 Å². The summed E-state index contributed by atoms with van der Waals surface area (Å²) in [6.07, 6.45) is 0. The molecule has 0 fully saturated rings. The molecule has 0 aromatic heterocycles. The van der Waals surface area contributed by atoms with E-state index in [0.29, 0.717) is 44.5 Å². The minimum Gasteiger partial charge on any atom is -0.486 e. The van der Waals surface area contributed by atoms with Crippen LogP contribution >= 0.6 is 0 Å². The van der Waals surface area contributed by atoms with Gasteiger partial charge < -0.3 is 24.3 Å². The number of nitrogens with one attached hydrogen (secondary N) is 2. The largest absolute Gasteiger partial charge is 0.486 e. The first-order valence-electron chi connectivity index (χ1n) is 9.37. The quantitative estimate of drug-likeness (QED) is 0.545. The molecule has 1 aliphatic heterocycles. The number of para-hydroxylation sites is 1. The van der Waals surface area contributed by atoms with Crippen molar-refractivity contribution >= 4 is 21.6 Å². The SMILES string of the molecule is COCCOCCNC(=O)c1ccccc1NS(=O)(=O)c1ccc2c(c1)OCCO2. The van der Waals surface area contributed by atoms with Crippen LogP contribution in [-0.4, -0.2) is 61.0 Å². The Labute approximate surface area is 175 Å². The van der Waals surface area contributed by atoms with E-state index in [9.17, 15) is 13.2 Å². The summed E-state index contributed by atoms with van der Waals surface area (Å²) in [5.41, 5.74) is 0.376. The van der Waals surface area contributed by atoms with Crippen molar-refractivity contribution in [2.24, 2.45) is 0 Å². The van der Waals surface area contributed by atoms with Gasteiger partial charge in [0.1, 0.15) is 13.2 Å². The average Bonchev–Trinajstić information content (AvgIpc) is 2.75. The van der Waals surface area contributed by atoms with Crippen LogP contribution in [0.1, 0.15) is 10.4 Å². The number of benzene rings is 2. The lowest BCUT2D eigenvalue weighted by Crippen LogP contribution is -2.28. The molecule has 1 heterocycles. The molecule has 0 atom stereocenters. The van der Waals surface area contributed by atoms with Crippen LogP contribution in [0.15, 0.2) is 47.4 Å². The number of carbonyl (C=O) groups excluding carboxylic acids is 1. The molecule has 0 saturated carbocycles. The third-order valence-electron chi connectivity index (χ3n) is 4.20. The van der Waals surface area contributed by atoms with E-state index in [1.807, 2.05) is 0 Å². The summed E-state index contributed by atoms with van der Waals surface area (Å²) in [6.45, 7) is 2.27. The first-order chi connectivity index (χ1) is 14.5. The number of sulfonamides is 1. The van der Waals surface area contributed by atoms with E-state index in [0.717, 1.165) is 0 Å². The standard InChI is InChI=1S/C20H24N2O7S/c1-26-10-11-27-9-8-21-20(23)16-4-2-3-5-17(16)22-30(24,25)15-6-7-18-19(14-15)29-13-12-28-18/h2-7,14,22H,8-13H2,1H3,(H,21,23). The van der Waals surface area contributed by atoms with Crippen molar-refractivity contribution < 1.29 is 32.2 Å². The molecule has 3 rings (SSSR count). The Kier molecular flexibility index (Phi) is 7.50. The minimum absolute atomic E-state index is 0.00787. The maximum absolute atomic E-state index is 12.9. The van der Waals surface area contributed by atoms with Crippen molar-refractivity contribution in [1.29, 1.82) is 0 Å². The molecule has 10 heteroatoms. The van der Waals surface area contributed by atoms with Crippen LogP contribution in [0.4, 0.5) is 5.69 Å². The minimum atomic E-state index is -3.94. The van der Waals surface area contributed by atoms with E-state index < -0.39 is 15.9 Å². The van der Waals surface area contributed by atoms with Crippen LogP contribution in [0.2, 0.25) is 0 Å². The van der Waals surface area contributed by atoms with E-state index >= 15 is 0 Å². The lowest BCUT2D eigenvalue weighted by atomic mass is 10.1. The van der Waals surface area contributed by atoms with Gasteiger partial charge in [-0.25, -0.2) is 8.42 Å². The number of anilines is 1. The van der Waals surface area contributed by atoms with E-state index in [4.69, 9.17) is 18.9 Å². The lowest BCUT2D eigenvalue weighted by molar-refractivity contribution is 0.0693. The predicted octanol–water partition coefficient (Wildman–Crippen LogP) is 1.65. The highest BCUT2D eigenvalue weighted by atomic mass is 32.2. The Hall–Kier alpha value is -2.82. The number of fused-ring (bicyclic) bond motifs is 1. The highest BCUT2D eigenvalue weighted by molar-refractivity contribution is 7.92. The highest BCUT2D eigenvalue weighted by Gasteiger charge is 2.21. The van der Waals surface area contributed by atoms with Gasteiger partial charge in [-0.2, -0.15) is 0 Å². The Bertz CT molecular complexity index is 979. The lowest BCUT2D eigenvalue weighted by Gasteiger charge is -2.19. The highest BCUT2D eigenvalue weighted by Crippen LogP contribution is 2.33. The van der Waals surface area contributed by atoms with Gasteiger partial charge in [-0.05, 0) is 24.3 Å². The maximum atomic E-state index is 12.9. The molecule has 0 spiro atoms. The molecule has 30 heavy (non-hydrogen) atoms. The number of hydrogen-bond acceptors (Lipinski definition) is 7. The molecule has 1 amide bonds. The van der Waals surface area contributed by atoms with Crippen LogP contribution < -0.4 is 19.5 Å². The van der Waals surface area contributed by atoms with Gasteiger partial charge in [0, 0.05) is 19.7 Å². The molecule has 2 aromatic rings. The van der Waals surface area contributed by atoms with E-state index in [-0.39, 0.29) is 22.7 Å². The van der Waals surface area contributed by atoms with Gasteiger partial charge in [0.05, 0.1) is 36.0 Å². The topological polar surface area (TPSA) is 112 Å². The van der Waals surface area contributed by atoms with E-state index in [2.05, 4.69) is 10.0 Å². The zero-order valence-corrected chi connectivity index (χ0v) is 17.4. The summed E-state index contributed by atoms with van der Waals surface area (Å²) in [5, 5.41) is 2.71. The van der Waals surface area contributed by atoms with E-state index in [1.165, 1.54) is 18.2 Å². The van der Waals surface area contributed by atoms with Crippen molar-refractivity contribution in [3.05, 3.63) is 48.0 Å². The van der Waals surface area contributed by atoms with Crippen LogP contribution in [0, 0.1) is 0 Å².